The van der Waals surface area contributed by atoms with Crippen LogP contribution in [0.3, 0.4) is 0 Å². The second-order valence-corrected chi connectivity index (χ2v) is 2.98. The van der Waals surface area contributed by atoms with E-state index in [9.17, 15) is 0 Å². The van der Waals surface area contributed by atoms with Gasteiger partial charge in [0.15, 0.2) is 0 Å². The van der Waals surface area contributed by atoms with E-state index in [1.807, 2.05) is 7.05 Å². The molecule has 0 aromatic carbocycles. The lowest BCUT2D eigenvalue weighted by atomic mass is 10.0. The highest BCUT2D eigenvalue weighted by molar-refractivity contribution is 4.74. The van der Waals surface area contributed by atoms with Crippen LogP contribution < -0.4 is 16.8 Å². The highest BCUT2D eigenvalue weighted by Gasteiger charge is 2.09. The van der Waals surface area contributed by atoms with Crippen molar-refractivity contribution in [3.05, 3.63) is 0 Å². The summed E-state index contributed by atoms with van der Waals surface area (Å²) in [5.41, 5.74) is 11.6. The fourth-order valence-electron chi connectivity index (χ4n) is 1.03. The van der Waals surface area contributed by atoms with Crippen molar-refractivity contribution in [3.8, 4) is 0 Å². The van der Waals surface area contributed by atoms with Crippen molar-refractivity contribution in [2.75, 3.05) is 13.6 Å². The zero-order valence-corrected chi connectivity index (χ0v) is 7.64. The smallest absolute Gasteiger partial charge is 0.0192 e. The molecule has 0 aliphatic carbocycles. The third-order valence-corrected chi connectivity index (χ3v) is 1.99. The highest BCUT2D eigenvalue weighted by Crippen LogP contribution is 1.99. The minimum absolute atomic E-state index is 0.173. The maximum Gasteiger partial charge on any atom is 0.0192 e. The Morgan fingerprint density at radius 3 is 2.36 bits per heavy atom. The molecule has 2 unspecified atom stereocenters. The third-order valence-electron chi connectivity index (χ3n) is 1.99. The van der Waals surface area contributed by atoms with Gasteiger partial charge in [0.2, 0.25) is 0 Å². The summed E-state index contributed by atoms with van der Waals surface area (Å²) in [5, 5.41) is 3.08. The van der Waals surface area contributed by atoms with E-state index in [4.69, 9.17) is 11.5 Å². The molecule has 0 aliphatic rings. The van der Waals surface area contributed by atoms with Gasteiger partial charge in [-0.3, -0.25) is 0 Å². The zero-order chi connectivity index (χ0) is 8.69. The number of nitrogens with one attached hydrogen (secondary N) is 1. The van der Waals surface area contributed by atoms with Crippen LogP contribution in [0.25, 0.3) is 0 Å². The van der Waals surface area contributed by atoms with E-state index in [0.29, 0.717) is 0 Å². The molecule has 3 heteroatoms. The van der Waals surface area contributed by atoms with Crippen molar-refractivity contribution in [3.63, 3.8) is 0 Å². The molecule has 0 radical (unpaired) electrons. The van der Waals surface area contributed by atoms with Gasteiger partial charge in [0.1, 0.15) is 0 Å². The van der Waals surface area contributed by atoms with Gasteiger partial charge in [-0.25, -0.2) is 0 Å². The summed E-state index contributed by atoms with van der Waals surface area (Å²) in [5.74, 6) is 0. The first kappa shape index (κ1) is 10.9. The highest BCUT2D eigenvalue weighted by atomic mass is 14.8. The zero-order valence-electron chi connectivity index (χ0n) is 7.64. The van der Waals surface area contributed by atoms with Crippen molar-refractivity contribution in [1.82, 2.24) is 5.32 Å². The first-order chi connectivity index (χ1) is 5.22. The molecule has 2 atom stereocenters. The summed E-state index contributed by atoms with van der Waals surface area (Å²) in [4.78, 5) is 0. The van der Waals surface area contributed by atoms with Gasteiger partial charge in [0, 0.05) is 12.1 Å². The quantitative estimate of drug-likeness (QED) is 0.480. The Morgan fingerprint density at radius 1 is 1.27 bits per heavy atom. The summed E-state index contributed by atoms with van der Waals surface area (Å²) < 4.78 is 0. The Morgan fingerprint density at radius 2 is 1.91 bits per heavy atom. The monoisotopic (exact) mass is 159 g/mol. The Labute approximate surface area is 69.5 Å². The molecule has 0 aromatic heterocycles. The van der Waals surface area contributed by atoms with Crippen LogP contribution >= 0.6 is 0 Å². The van der Waals surface area contributed by atoms with E-state index in [-0.39, 0.29) is 12.1 Å². The van der Waals surface area contributed by atoms with Crippen LogP contribution in [0.5, 0.6) is 0 Å². The second kappa shape index (κ2) is 6.58. The number of hydrogen-bond donors (Lipinski definition) is 3. The molecule has 0 bridgehead atoms. The maximum absolute atomic E-state index is 5.82. The molecule has 0 spiro atoms. The average molecular weight is 159 g/mol. The molecule has 0 rings (SSSR count). The van der Waals surface area contributed by atoms with Gasteiger partial charge < -0.3 is 16.8 Å². The predicted octanol–water partition coefficient (Wildman–Crippen LogP) is 0.0506. The molecule has 0 amide bonds. The standard InChI is InChI=1S/C8H21N3/c1-3-7(9)8(10)5-4-6-11-2/h7-8,11H,3-6,9-10H2,1-2H3. The van der Waals surface area contributed by atoms with Crippen LogP contribution in [0.1, 0.15) is 26.2 Å². The molecule has 0 saturated carbocycles. The normalized spacial score (nSPS) is 16.4. The van der Waals surface area contributed by atoms with Crippen LogP contribution in [-0.2, 0) is 0 Å². The first-order valence-corrected chi connectivity index (χ1v) is 4.38. The topological polar surface area (TPSA) is 64.1 Å². The third kappa shape index (κ3) is 5.18. The minimum atomic E-state index is 0.173. The Bertz CT molecular complexity index is 85.4. The van der Waals surface area contributed by atoms with Crippen molar-refractivity contribution >= 4 is 0 Å². The summed E-state index contributed by atoms with van der Waals surface area (Å²) in [6.07, 6.45) is 3.11. The minimum Gasteiger partial charge on any atom is -0.326 e. The Hall–Kier alpha value is -0.120. The Balaban J connectivity index is 3.28. The van der Waals surface area contributed by atoms with Gasteiger partial charge >= 0.3 is 0 Å². The van der Waals surface area contributed by atoms with E-state index >= 15 is 0 Å². The van der Waals surface area contributed by atoms with E-state index in [1.54, 1.807) is 0 Å². The van der Waals surface area contributed by atoms with E-state index in [1.165, 1.54) is 0 Å². The van der Waals surface area contributed by atoms with Crippen molar-refractivity contribution in [2.24, 2.45) is 11.5 Å². The molecular formula is C8H21N3. The number of hydrogen-bond acceptors (Lipinski definition) is 3. The van der Waals surface area contributed by atoms with Gasteiger partial charge in [0.25, 0.3) is 0 Å². The molecule has 3 nitrogen and oxygen atoms in total. The summed E-state index contributed by atoms with van der Waals surface area (Å²) in [6, 6.07) is 0.347. The average Bonchev–Trinajstić information content (AvgIpc) is 2.03. The summed E-state index contributed by atoms with van der Waals surface area (Å²) in [6.45, 7) is 3.10. The lowest BCUT2D eigenvalue weighted by molar-refractivity contribution is 0.467. The van der Waals surface area contributed by atoms with Crippen LogP contribution in [-0.4, -0.2) is 25.7 Å². The van der Waals surface area contributed by atoms with Gasteiger partial charge in [-0.05, 0) is 32.9 Å². The van der Waals surface area contributed by atoms with Crippen molar-refractivity contribution in [1.29, 1.82) is 0 Å². The van der Waals surface area contributed by atoms with Gasteiger partial charge in [-0.15, -0.1) is 0 Å². The fourth-order valence-corrected chi connectivity index (χ4v) is 1.03. The molecule has 0 heterocycles. The Kier molecular flexibility index (Phi) is 6.51. The van der Waals surface area contributed by atoms with E-state index in [2.05, 4.69) is 12.2 Å². The van der Waals surface area contributed by atoms with Crippen LogP contribution in [0.2, 0.25) is 0 Å². The van der Waals surface area contributed by atoms with Crippen molar-refractivity contribution < 1.29 is 0 Å². The molecule has 68 valence electrons. The molecule has 5 N–H and O–H groups in total. The van der Waals surface area contributed by atoms with E-state index in [0.717, 1.165) is 25.8 Å². The van der Waals surface area contributed by atoms with Crippen LogP contribution in [0.15, 0.2) is 0 Å². The molecular weight excluding hydrogens is 138 g/mol. The summed E-state index contributed by atoms with van der Waals surface area (Å²) in [7, 11) is 1.95. The molecule has 0 fully saturated rings. The largest absolute Gasteiger partial charge is 0.326 e. The number of rotatable bonds is 6. The fraction of sp³-hybridized carbons (Fsp3) is 1.00. The van der Waals surface area contributed by atoms with Crippen LogP contribution in [0.4, 0.5) is 0 Å². The van der Waals surface area contributed by atoms with Crippen molar-refractivity contribution in [2.45, 2.75) is 38.3 Å². The van der Waals surface area contributed by atoms with Gasteiger partial charge in [0.05, 0.1) is 0 Å². The maximum atomic E-state index is 5.82. The second-order valence-electron chi connectivity index (χ2n) is 2.98. The van der Waals surface area contributed by atoms with Crippen LogP contribution in [0, 0.1) is 0 Å². The summed E-state index contributed by atoms with van der Waals surface area (Å²) >= 11 is 0. The SMILES string of the molecule is CCC(N)C(N)CCCNC. The van der Waals surface area contributed by atoms with E-state index < -0.39 is 0 Å². The number of nitrogens with two attached hydrogens (primary N) is 2. The first-order valence-electron chi connectivity index (χ1n) is 4.38. The lowest BCUT2D eigenvalue weighted by Crippen LogP contribution is -2.41. The van der Waals surface area contributed by atoms with Gasteiger partial charge in [-0.2, -0.15) is 0 Å². The molecule has 0 aromatic rings. The predicted molar refractivity (Wildman–Crippen MR) is 49.4 cm³/mol. The van der Waals surface area contributed by atoms with Gasteiger partial charge in [-0.1, -0.05) is 6.92 Å². The molecule has 0 aliphatic heterocycles. The lowest BCUT2D eigenvalue weighted by Gasteiger charge is -2.17. The molecule has 0 saturated heterocycles. The molecule has 11 heavy (non-hydrogen) atoms.